The van der Waals surface area contributed by atoms with Crippen LogP contribution in [0.4, 0.5) is 0 Å². The SMILES string of the molecule is CCC1CCCC1NCC1CC1(C)C. The molecule has 0 spiro atoms. The Kier molecular flexibility index (Phi) is 2.88. The molecule has 0 aromatic rings. The van der Waals surface area contributed by atoms with Gasteiger partial charge in [0.2, 0.25) is 0 Å². The highest BCUT2D eigenvalue weighted by atomic mass is 14.9. The van der Waals surface area contributed by atoms with Gasteiger partial charge in [-0.25, -0.2) is 0 Å². The van der Waals surface area contributed by atoms with Crippen LogP contribution in [0.25, 0.3) is 0 Å². The molecule has 0 aromatic heterocycles. The quantitative estimate of drug-likeness (QED) is 0.726. The maximum atomic E-state index is 3.80. The fraction of sp³-hybridized carbons (Fsp3) is 1.00. The lowest BCUT2D eigenvalue weighted by molar-refractivity contribution is 0.374. The van der Waals surface area contributed by atoms with Gasteiger partial charge in [-0.15, -0.1) is 0 Å². The maximum Gasteiger partial charge on any atom is 0.00953 e. The van der Waals surface area contributed by atoms with Crippen molar-refractivity contribution in [1.82, 2.24) is 5.32 Å². The van der Waals surface area contributed by atoms with Crippen molar-refractivity contribution in [2.45, 2.75) is 58.9 Å². The molecule has 1 nitrogen and oxygen atoms in total. The van der Waals surface area contributed by atoms with Crippen LogP contribution in [0, 0.1) is 17.3 Å². The number of nitrogens with one attached hydrogen (secondary N) is 1. The van der Waals surface area contributed by atoms with Gasteiger partial charge >= 0.3 is 0 Å². The zero-order chi connectivity index (χ0) is 10.2. The molecule has 2 aliphatic carbocycles. The molecule has 0 heterocycles. The van der Waals surface area contributed by atoms with Crippen molar-refractivity contribution in [2.75, 3.05) is 6.54 Å². The van der Waals surface area contributed by atoms with E-state index in [0.29, 0.717) is 5.41 Å². The summed E-state index contributed by atoms with van der Waals surface area (Å²) in [6, 6.07) is 0.844. The highest BCUT2D eigenvalue weighted by Gasteiger charge is 2.45. The Balaban J connectivity index is 1.70. The minimum atomic E-state index is 0.646. The molecular formula is C13H25N. The van der Waals surface area contributed by atoms with Gasteiger partial charge in [0.15, 0.2) is 0 Å². The van der Waals surface area contributed by atoms with Crippen molar-refractivity contribution in [1.29, 1.82) is 0 Å². The molecular weight excluding hydrogens is 170 g/mol. The standard InChI is InChI=1S/C13H25N/c1-4-10-6-5-7-12(10)14-9-11-8-13(11,2)3/h10-12,14H,4-9H2,1-3H3. The van der Waals surface area contributed by atoms with E-state index in [2.05, 4.69) is 26.1 Å². The summed E-state index contributed by atoms with van der Waals surface area (Å²) in [6.07, 6.45) is 7.13. The van der Waals surface area contributed by atoms with Crippen molar-refractivity contribution >= 4 is 0 Å². The van der Waals surface area contributed by atoms with Gasteiger partial charge in [0.05, 0.1) is 0 Å². The summed E-state index contributed by atoms with van der Waals surface area (Å²) < 4.78 is 0. The van der Waals surface area contributed by atoms with E-state index in [-0.39, 0.29) is 0 Å². The lowest BCUT2D eigenvalue weighted by Gasteiger charge is -2.20. The van der Waals surface area contributed by atoms with Crippen LogP contribution < -0.4 is 5.32 Å². The summed E-state index contributed by atoms with van der Waals surface area (Å²) in [7, 11) is 0. The third-order valence-electron chi connectivity index (χ3n) is 4.53. The Bertz CT molecular complexity index is 197. The highest BCUT2D eigenvalue weighted by molar-refractivity contribution is 4.97. The Morgan fingerprint density at radius 2 is 2.00 bits per heavy atom. The lowest BCUT2D eigenvalue weighted by atomic mass is 10.0. The van der Waals surface area contributed by atoms with Crippen LogP contribution in [0.1, 0.15) is 52.9 Å². The minimum Gasteiger partial charge on any atom is -0.313 e. The predicted molar refractivity (Wildman–Crippen MR) is 61.3 cm³/mol. The number of hydrogen-bond donors (Lipinski definition) is 1. The van der Waals surface area contributed by atoms with Crippen molar-refractivity contribution in [3.63, 3.8) is 0 Å². The third-order valence-corrected chi connectivity index (χ3v) is 4.53. The van der Waals surface area contributed by atoms with E-state index in [1.807, 2.05) is 0 Å². The molecule has 3 unspecified atom stereocenters. The van der Waals surface area contributed by atoms with Gasteiger partial charge in [0.1, 0.15) is 0 Å². The number of hydrogen-bond acceptors (Lipinski definition) is 1. The molecule has 2 aliphatic rings. The molecule has 82 valence electrons. The first-order chi connectivity index (χ1) is 6.63. The second kappa shape index (κ2) is 3.84. The van der Waals surface area contributed by atoms with E-state index in [9.17, 15) is 0 Å². The fourth-order valence-corrected chi connectivity index (χ4v) is 3.01. The Morgan fingerprint density at radius 1 is 1.29 bits per heavy atom. The van der Waals surface area contributed by atoms with Crippen LogP contribution >= 0.6 is 0 Å². The predicted octanol–water partition coefficient (Wildman–Crippen LogP) is 3.20. The van der Waals surface area contributed by atoms with Crippen molar-refractivity contribution in [3.8, 4) is 0 Å². The first-order valence-corrected chi connectivity index (χ1v) is 6.37. The largest absolute Gasteiger partial charge is 0.313 e. The van der Waals surface area contributed by atoms with Gasteiger partial charge in [0, 0.05) is 6.04 Å². The van der Waals surface area contributed by atoms with Gasteiger partial charge in [-0.2, -0.15) is 0 Å². The van der Waals surface area contributed by atoms with Gasteiger partial charge in [0.25, 0.3) is 0 Å². The highest BCUT2D eigenvalue weighted by Crippen LogP contribution is 2.51. The Morgan fingerprint density at radius 3 is 2.57 bits per heavy atom. The van der Waals surface area contributed by atoms with Gasteiger partial charge in [-0.1, -0.05) is 33.6 Å². The normalized spacial score (nSPS) is 40.1. The van der Waals surface area contributed by atoms with Crippen LogP contribution in [0.5, 0.6) is 0 Å². The topological polar surface area (TPSA) is 12.0 Å². The molecule has 14 heavy (non-hydrogen) atoms. The lowest BCUT2D eigenvalue weighted by Crippen LogP contribution is -2.34. The molecule has 0 aromatic carbocycles. The molecule has 0 bridgehead atoms. The van der Waals surface area contributed by atoms with Gasteiger partial charge in [-0.05, 0) is 43.1 Å². The third kappa shape index (κ3) is 2.13. The van der Waals surface area contributed by atoms with Crippen LogP contribution in [0.2, 0.25) is 0 Å². The van der Waals surface area contributed by atoms with E-state index >= 15 is 0 Å². The molecule has 2 rings (SSSR count). The summed E-state index contributed by atoms with van der Waals surface area (Å²) in [5.41, 5.74) is 0.646. The number of rotatable bonds is 4. The summed E-state index contributed by atoms with van der Waals surface area (Å²) in [5.74, 6) is 1.93. The zero-order valence-corrected chi connectivity index (χ0v) is 9.97. The molecule has 3 atom stereocenters. The second-order valence-corrected chi connectivity index (χ2v) is 6.00. The molecule has 0 amide bonds. The van der Waals surface area contributed by atoms with Gasteiger partial charge in [-0.3, -0.25) is 0 Å². The maximum absolute atomic E-state index is 3.80. The molecule has 0 saturated heterocycles. The van der Waals surface area contributed by atoms with E-state index < -0.39 is 0 Å². The summed E-state index contributed by atoms with van der Waals surface area (Å²) in [4.78, 5) is 0. The van der Waals surface area contributed by atoms with Crippen molar-refractivity contribution in [3.05, 3.63) is 0 Å². The van der Waals surface area contributed by atoms with Crippen LogP contribution in [0.15, 0.2) is 0 Å². The van der Waals surface area contributed by atoms with E-state index in [0.717, 1.165) is 17.9 Å². The van der Waals surface area contributed by atoms with Gasteiger partial charge < -0.3 is 5.32 Å². The molecule has 0 radical (unpaired) electrons. The van der Waals surface area contributed by atoms with Crippen LogP contribution in [-0.2, 0) is 0 Å². The summed E-state index contributed by atoms with van der Waals surface area (Å²) in [5, 5.41) is 3.80. The smallest absolute Gasteiger partial charge is 0.00953 e. The average Bonchev–Trinajstić information content (AvgIpc) is 2.62. The van der Waals surface area contributed by atoms with Crippen molar-refractivity contribution < 1.29 is 0 Å². The van der Waals surface area contributed by atoms with Crippen molar-refractivity contribution in [2.24, 2.45) is 17.3 Å². The fourth-order valence-electron chi connectivity index (χ4n) is 3.01. The summed E-state index contributed by atoms with van der Waals surface area (Å²) in [6.45, 7) is 8.40. The van der Waals surface area contributed by atoms with Crippen LogP contribution in [-0.4, -0.2) is 12.6 Å². The molecule has 2 fully saturated rings. The van der Waals surface area contributed by atoms with E-state index in [4.69, 9.17) is 0 Å². The first-order valence-electron chi connectivity index (χ1n) is 6.37. The van der Waals surface area contributed by atoms with E-state index in [1.165, 1.54) is 38.6 Å². The Labute approximate surface area is 88.7 Å². The average molecular weight is 195 g/mol. The molecule has 1 N–H and O–H groups in total. The minimum absolute atomic E-state index is 0.646. The van der Waals surface area contributed by atoms with Crippen LogP contribution in [0.3, 0.4) is 0 Å². The zero-order valence-electron chi connectivity index (χ0n) is 9.97. The first kappa shape index (κ1) is 10.5. The molecule has 1 heteroatoms. The molecule has 2 saturated carbocycles. The second-order valence-electron chi connectivity index (χ2n) is 6.00. The summed E-state index contributed by atoms with van der Waals surface area (Å²) >= 11 is 0. The Hall–Kier alpha value is -0.0400. The monoisotopic (exact) mass is 195 g/mol. The van der Waals surface area contributed by atoms with E-state index in [1.54, 1.807) is 0 Å². The molecule has 0 aliphatic heterocycles.